The van der Waals surface area contributed by atoms with Crippen LogP contribution in [0.2, 0.25) is 0 Å². The van der Waals surface area contributed by atoms with E-state index in [-0.39, 0.29) is 17.0 Å². The summed E-state index contributed by atoms with van der Waals surface area (Å²) in [5.74, 6) is 0. The Morgan fingerprint density at radius 1 is 1.09 bits per heavy atom. The van der Waals surface area contributed by atoms with Gasteiger partial charge < -0.3 is 10.6 Å². The van der Waals surface area contributed by atoms with E-state index in [1.807, 2.05) is 25.1 Å². The third-order valence-corrected chi connectivity index (χ3v) is 5.10. The van der Waals surface area contributed by atoms with Crippen molar-refractivity contribution in [2.45, 2.75) is 17.9 Å². The standard InChI is InChI=1S/C16H17BrN2O3S/c1-11(12-7-9-13(10-8-12)23(2,21)22)18-16(20)19-15-6-4-3-5-14(15)17/h3-11H,1-2H3,(H2,18,19,20). The van der Waals surface area contributed by atoms with E-state index in [0.29, 0.717) is 5.69 Å². The highest BCUT2D eigenvalue weighted by molar-refractivity contribution is 9.10. The molecule has 0 saturated carbocycles. The van der Waals surface area contributed by atoms with Gasteiger partial charge in [-0.15, -0.1) is 0 Å². The summed E-state index contributed by atoms with van der Waals surface area (Å²) in [5, 5.41) is 5.56. The van der Waals surface area contributed by atoms with Crippen LogP contribution in [-0.4, -0.2) is 20.7 Å². The lowest BCUT2D eigenvalue weighted by Crippen LogP contribution is -2.31. The Balaban J connectivity index is 2.02. The van der Waals surface area contributed by atoms with Gasteiger partial charge in [-0.1, -0.05) is 24.3 Å². The summed E-state index contributed by atoms with van der Waals surface area (Å²) >= 11 is 3.36. The average Bonchev–Trinajstić information content (AvgIpc) is 2.49. The number of urea groups is 1. The normalized spacial score (nSPS) is 12.5. The van der Waals surface area contributed by atoms with Gasteiger partial charge in [-0.05, 0) is 52.7 Å². The summed E-state index contributed by atoms with van der Waals surface area (Å²) in [4.78, 5) is 12.3. The largest absolute Gasteiger partial charge is 0.331 e. The Labute approximate surface area is 144 Å². The van der Waals surface area contributed by atoms with Crippen molar-refractivity contribution in [1.29, 1.82) is 0 Å². The average molecular weight is 397 g/mol. The number of hydrogen-bond acceptors (Lipinski definition) is 3. The first-order chi connectivity index (χ1) is 10.8. The van der Waals surface area contributed by atoms with E-state index in [9.17, 15) is 13.2 Å². The van der Waals surface area contributed by atoms with E-state index in [1.54, 1.807) is 18.2 Å². The van der Waals surface area contributed by atoms with Gasteiger partial charge in [0.15, 0.2) is 9.84 Å². The second kappa shape index (κ2) is 7.14. The maximum Gasteiger partial charge on any atom is 0.319 e. The van der Waals surface area contributed by atoms with Crippen molar-refractivity contribution in [1.82, 2.24) is 5.32 Å². The fourth-order valence-corrected chi connectivity index (χ4v) is 3.02. The molecule has 0 aliphatic carbocycles. The van der Waals surface area contributed by atoms with Crippen molar-refractivity contribution in [3.05, 3.63) is 58.6 Å². The maximum absolute atomic E-state index is 12.0. The number of rotatable bonds is 4. The van der Waals surface area contributed by atoms with Gasteiger partial charge in [-0.2, -0.15) is 0 Å². The molecule has 1 unspecified atom stereocenters. The third-order valence-electron chi connectivity index (χ3n) is 3.28. The number of carbonyl (C=O) groups excluding carboxylic acids is 1. The monoisotopic (exact) mass is 396 g/mol. The second-order valence-electron chi connectivity index (χ2n) is 5.14. The fraction of sp³-hybridized carbons (Fsp3) is 0.188. The smallest absolute Gasteiger partial charge is 0.319 e. The first-order valence-corrected chi connectivity index (χ1v) is 9.58. The molecule has 0 aromatic heterocycles. The highest BCUT2D eigenvalue weighted by atomic mass is 79.9. The Bertz CT molecular complexity index is 804. The van der Waals surface area contributed by atoms with Gasteiger partial charge in [0.25, 0.3) is 0 Å². The van der Waals surface area contributed by atoms with Crippen molar-refractivity contribution in [3.63, 3.8) is 0 Å². The zero-order valence-corrected chi connectivity index (χ0v) is 15.1. The van der Waals surface area contributed by atoms with Crippen molar-refractivity contribution in [3.8, 4) is 0 Å². The molecule has 2 N–H and O–H groups in total. The molecular weight excluding hydrogens is 380 g/mol. The number of amides is 2. The minimum Gasteiger partial charge on any atom is -0.331 e. The number of carbonyl (C=O) groups is 1. The number of hydrogen-bond donors (Lipinski definition) is 2. The molecule has 0 fully saturated rings. The van der Waals surface area contributed by atoms with Crippen molar-refractivity contribution in [2.24, 2.45) is 0 Å². The van der Waals surface area contributed by atoms with Crippen molar-refractivity contribution >= 4 is 37.5 Å². The lowest BCUT2D eigenvalue weighted by Gasteiger charge is -2.16. The van der Waals surface area contributed by atoms with E-state index in [1.165, 1.54) is 12.1 Å². The summed E-state index contributed by atoms with van der Waals surface area (Å²) < 4.78 is 23.7. The molecule has 1 atom stereocenters. The molecule has 0 aliphatic rings. The minimum atomic E-state index is -3.22. The van der Waals surface area contributed by atoms with Crippen molar-refractivity contribution in [2.75, 3.05) is 11.6 Å². The van der Waals surface area contributed by atoms with Crippen molar-refractivity contribution < 1.29 is 13.2 Å². The minimum absolute atomic E-state index is 0.256. The number of halogens is 1. The van der Waals surface area contributed by atoms with Gasteiger partial charge in [0.1, 0.15) is 0 Å². The zero-order valence-electron chi connectivity index (χ0n) is 12.7. The third kappa shape index (κ3) is 4.80. The highest BCUT2D eigenvalue weighted by Crippen LogP contribution is 2.21. The fourth-order valence-electron chi connectivity index (χ4n) is 2.00. The van der Waals surface area contributed by atoms with Crippen LogP contribution in [0.5, 0.6) is 0 Å². The molecule has 23 heavy (non-hydrogen) atoms. The molecule has 7 heteroatoms. The number of benzene rings is 2. The molecule has 0 spiro atoms. The molecule has 2 rings (SSSR count). The van der Waals surface area contributed by atoms with Crippen LogP contribution < -0.4 is 10.6 Å². The quantitative estimate of drug-likeness (QED) is 0.826. The Hall–Kier alpha value is -1.86. The Morgan fingerprint density at radius 3 is 2.26 bits per heavy atom. The summed E-state index contributed by atoms with van der Waals surface area (Å²) in [6, 6.07) is 13.2. The van der Waals surface area contributed by atoms with Crippen LogP contribution in [0.4, 0.5) is 10.5 Å². The Kier molecular flexibility index (Phi) is 5.43. The second-order valence-corrected chi connectivity index (χ2v) is 8.01. The van der Waals surface area contributed by atoms with Crippen LogP contribution in [0, 0.1) is 0 Å². The molecule has 0 heterocycles. The zero-order chi connectivity index (χ0) is 17.0. The lowest BCUT2D eigenvalue weighted by molar-refractivity contribution is 0.249. The van der Waals surface area contributed by atoms with E-state index in [4.69, 9.17) is 0 Å². The molecule has 0 bridgehead atoms. The van der Waals surface area contributed by atoms with Crippen LogP contribution in [0.25, 0.3) is 0 Å². The topological polar surface area (TPSA) is 75.3 Å². The Morgan fingerprint density at radius 2 is 1.70 bits per heavy atom. The van der Waals surface area contributed by atoms with Gasteiger partial charge in [-0.25, -0.2) is 13.2 Å². The number of sulfone groups is 1. The summed E-state index contributed by atoms with van der Waals surface area (Å²) in [6.45, 7) is 1.83. The molecule has 2 aromatic rings. The maximum atomic E-state index is 12.0. The van der Waals surface area contributed by atoms with Gasteiger partial charge in [0, 0.05) is 10.7 Å². The highest BCUT2D eigenvalue weighted by Gasteiger charge is 2.12. The number of para-hydroxylation sites is 1. The van der Waals surface area contributed by atoms with Crippen LogP contribution in [0.15, 0.2) is 57.9 Å². The molecule has 0 aliphatic heterocycles. The molecule has 2 amide bonds. The van der Waals surface area contributed by atoms with Crippen LogP contribution in [0.3, 0.4) is 0 Å². The first-order valence-electron chi connectivity index (χ1n) is 6.89. The summed E-state index contributed by atoms with van der Waals surface area (Å²) in [7, 11) is -3.22. The van der Waals surface area contributed by atoms with Gasteiger partial charge in [0.2, 0.25) is 0 Å². The van der Waals surface area contributed by atoms with Crippen LogP contribution >= 0.6 is 15.9 Å². The van der Waals surface area contributed by atoms with E-state index >= 15 is 0 Å². The predicted molar refractivity (Wildman–Crippen MR) is 94.3 cm³/mol. The van der Waals surface area contributed by atoms with E-state index < -0.39 is 9.84 Å². The predicted octanol–water partition coefficient (Wildman–Crippen LogP) is 3.74. The first kappa shape index (κ1) is 17.5. The summed E-state index contributed by atoms with van der Waals surface area (Å²) in [5.41, 5.74) is 1.49. The van der Waals surface area contributed by atoms with Crippen LogP contribution in [0.1, 0.15) is 18.5 Å². The van der Waals surface area contributed by atoms with E-state index in [2.05, 4.69) is 26.6 Å². The van der Waals surface area contributed by atoms with Gasteiger partial charge in [-0.3, -0.25) is 0 Å². The number of anilines is 1. The molecule has 2 aromatic carbocycles. The van der Waals surface area contributed by atoms with Gasteiger partial charge >= 0.3 is 6.03 Å². The van der Waals surface area contributed by atoms with E-state index in [0.717, 1.165) is 16.3 Å². The molecule has 0 radical (unpaired) electrons. The number of nitrogens with one attached hydrogen (secondary N) is 2. The molecule has 5 nitrogen and oxygen atoms in total. The molecule has 122 valence electrons. The SMILES string of the molecule is CC(NC(=O)Nc1ccccc1Br)c1ccc(S(C)(=O)=O)cc1. The van der Waals surface area contributed by atoms with Gasteiger partial charge in [0.05, 0.1) is 16.6 Å². The van der Waals surface area contributed by atoms with Crippen LogP contribution in [-0.2, 0) is 9.84 Å². The molecule has 0 saturated heterocycles. The molecular formula is C16H17BrN2O3S. The summed E-state index contributed by atoms with van der Waals surface area (Å²) in [6.07, 6.45) is 1.16. The lowest BCUT2D eigenvalue weighted by atomic mass is 10.1.